The number of ether oxygens (including phenoxy) is 1. The summed E-state index contributed by atoms with van der Waals surface area (Å²) in [5.74, 6) is -0.295. The number of hydrogen-bond acceptors (Lipinski definition) is 4. The molecule has 2 aromatic rings. The Kier molecular flexibility index (Phi) is 6.76. The van der Waals surface area contributed by atoms with Crippen molar-refractivity contribution in [2.75, 3.05) is 11.9 Å². The maximum Gasteiger partial charge on any atom is 0.348 e. The van der Waals surface area contributed by atoms with Crippen LogP contribution in [0.25, 0.3) is 0 Å². The molecule has 0 aliphatic rings. The van der Waals surface area contributed by atoms with E-state index in [-0.39, 0.29) is 12.5 Å². The Morgan fingerprint density at radius 3 is 2.44 bits per heavy atom. The molecule has 0 aliphatic carbocycles. The van der Waals surface area contributed by atoms with Crippen molar-refractivity contribution in [3.63, 3.8) is 0 Å². The number of aryl methyl sites for hydroxylation is 2. The summed E-state index contributed by atoms with van der Waals surface area (Å²) in [4.78, 5) is 25.7. The zero-order valence-corrected chi connectivity index (χ0v) is 16.0. The first kappa shape index (κ1) is 19.2. The van der Waals surface area contributed by atoms with E-state index in [2.05, 4.69) is 19.2 Å². The molecule has 0 saturated carbocycles. The smallest absolute Gasteiger partial charge is 0.348 e. The fourth-order valence-electron chi connectivity index (χ4n) is 2.50. The van der Waals surface area contributed by atoms with Crippen molar-refractivity contribution in [2.45, 2.75) is 46.5 Å². The third-order valence-corrected chi connectivity index (χ3v) is 5.61. The number of hydrogen-bond donors (Lipinski definition) is 1. The highest BCUT2D eigenvalue weighted by atomic mass is 32.1. The normalized spacial score (nSPS) is 11.8. The van der Waals surface area contributed by atoms with Crippen LogP contribution in [0.2, 0.25) is 0 Å². The number of nitrogens with one attached hydrogen (secondary N) is 1. The number of carbonyl (C=O) groups is 2. The summed E-state index contributed by atoms with van der Waals surface area (Å²) in [6, 6.07) is 9.58. The van der Waals surface area contributed by atoms with Crippen LogP contribution in [-0.2, 0) is 16.0 Å². The summed E-state index contributed by atoms with van der Waals surface area (Å²) < 4.78 is 5.11. The molecule has 0 saturated heterocycles. The fourth-order valence-corrected chi connectivity index (χ4v) is 3.51. The Hall–Kier alpha value is -2.14. The Morgan fingerprint density at radius 2 is 1.88 bits per heavy atom. The van der Waals surface area contributed by atoms with Crippen LogP contribution >= 0.6 is 11.3 Å². The maximum absolute atomic E-state index is 12.0. The molecule has 0 fully saturated rings. The summed E-state index contributed by atoms with van der Waals surface area (Å²) >= 11 is 1.42. The fraction of sp³-hybridized carbons (Fsp3) is 0.400. The topological polar surface area (TPSA) is 55.4 Å². The molecule has 0 spiro atoms. The van der Waals surface area contributed by atoms with Gasteiger partial charge >= 0.3 is 5.97 Å². The molecule has 1 aromatic carbocycles. The lowest BCUT2D eigenvalue weighted by atomic mass is 9.99. The van der Waals surface area contributed by atoms with Gasteiger partial charge in [-0.2, -0.15) is 0 Å². The molecule has 5 heteroatoms. The molecule has 4 nitrogen and oxygen atoms in total. The highest BCUT2D eigenvalue weighted by Crippen LogP contribution is 2.23. The molecule has 1 N–H and O–H groups in total. The lowest BCUT2D eigenvalue weighted by Crippen LogP contribution is -2.20. The van der Waals surface area contributed by atoms with Gasteiger partial charge in [0.25, 0.3) is 5.91 Å². The minimum atomic E-state index is -0.449. The van der Waals surface area contributed by atoms with E-state index in [1.807, 2.05) is 44.2 Å². The molecule has 0 unspecified atom stereocenters. The van der Waals surface area contributed by atoms with E-state index < -0.39 is 5.97 Å². The lowest BCUT2D eigenvalue weighted by molar-refractivity contribution is -0.119. The second kappa shape index (κ2) is 8.81. The van der Waals surface area contributed by atoms with Gasteiger partial charge in [0, 0.05) is 10.6 Å². The van der Waals surface area contributed by atoms with Gasteiger partial charge in [0.15, 0.2) is 6.61 Å². The van der Waals surface area contributed by atoms with Crippen LogP contribution in [0.15, 0.2) is 30.3 Å². The standard InChI is InChI=1S/C20H25NO3S/c1-5-13(3)15-7-9-16(10-8-15)21-19(22)12-24-20(23)18-11-14(4)17(6-2)25-18/h7-11,13H,5-6,12H2,1-4H3,(H,21,22)/t13-/m0/s1. The van der Waals surface area contributed by atoms with E-state index in [0.717, 1.165) is 23.3 Å². The largest absolute Gasteiger partial charge is 0.451 e. The van der Waals surface area contributed by atoms with Crippen LogP contribution in [0.3, 0.4) is 0 Å². The number of benzene rings is 1. The van der Waals surface area contributed by atoms with E-state index in [1.165, 1.54) is 16.9 Å². The summed E-state index contributed by atoms with van der Waals surface area (Å²) in [6.45, 7) is 8.05. The summed E-state index contributed by atoms with van der Waals surface area (Å²) in [6.07, 6.45) is 1.96. The summed E-state index contributed by atoms with van der Waals surface area (Å²) in [5.41, 5.74) is 3.03. The number of amides is 1. The van der Waals surface area contributed by atoms with Crippen molar-refractivity contribution in [3.05, 3.63) is 51.2 Å². The van der Waals surface area contributed by atoms with Gasteiger partial charge in [0.2, 0.25) is 0 Å². The molecule has 1 atom stereocenters. The highest BCUT2D eigenvalue weighted by Gasteiger charge is 2.14. The second-order valence-corrected chi connectivity index (χ2v) is 7.26. The van der Waals surface area contributed by atoms with Gasteiger partial charge in [0.05, 0.1) is 0 Å². The van der Waals surface area contributed by atoms with Gasteiger partial charge in [-0.25, -0.2) is 4.79 Å². The quantitative estimate of drug-likeness (QED) is 0.713. The molecule has 0 aliphatic heterocycles. The minimum absolute atomic E-state index is 0.287. The zero-order chi connectivity index (χ0) is 18.4. The van der Waals surface area contributed by atoms with Gasteiger partial charge in [-0.05, 0) is 55.0 Å². The van der Waals surface area contributed by atoms with Crippen molar-refractivity contribution in [1.82, 2.24) is 0 Å². The van der Waals surface area contributed by atoms with E-state index in [0.29, 0.717) is 16.5 Å². The van der Waals surface area contributed by atoms with Crippen LogP contribution in [0.4, 0.5) is 5.69 Å². The van der Waals surface area contributed by atoms with Gasteiger partial charge < -0.3 is 10.1 Å². The van der Waals surface area contributed by atoms with E-state index in [9.17, 15) is 9.59 Å². The first-order chi connectivity index (χ1) is 11.9. The molecule has 1 aromatic heterocycles. The molecule has 0 radical (unpaired) electrons. The van der Waals surface area contributed by atoms with Crippen molar-refractivity contribution < 1.29 is 14.3 Å². The first-order valence-corrected chi connectivity index (χ1v) is 9.42. The third kappa shape index (κ3) is 5.16. The predicted molar refractivity (Wildman–Crippen MR) is 102 cm³/mol. The van der Waals surface area contributed by atoms with Gasteiger partial charge in [0.1, 0.15) is 4.88 Å². The average molecular weight is 359 g/mol. The SMILES string of the molecule is CCc1sc(C(=O)OCC(=O)Nc2ccc([C@@H](C)CC)cc2)cc1C. The number of carbonyl (C=O) groups excluding carboxylic acids is 2. The molecule has 0 bridgehead atoms. The molecule has 2 rings (SSSR count). The molecular formula is C20H25NO3S. The molecule has 1 amide bonds. The lowest BCUT2D eigenvalue weighted by Gasteiger charge is -2.10. The second-order valence-electron chi connectivity index (χ2n) is 6.13. The number of esters is 1. The van der Waals surface area contributed by atoms with E-state index >= 15 is 0 Å². The Labute approximate surface area is 153 Å². The van der Waals surface area contributed by atoms with Crippen LogP contribution in [-0.4, -0.2) is 18.5 Å². The van der Waals surface area contributed by atoms with E-state index in [4.69, 9.17) is 4.74 Å². The van der Waals surface area contributed by atoms with Crippen molar-refractivity contribution in [1.29, 1.82) is 0 Å². The number of rotatable bonds is 7. The predicted octanol–water partition coefficient (Wildman–Crippen LogP) is 4.93. The van der Waals surface area contributed by atoms with Crippen molar-refractivity contribution in [2.24, 2.45) is 0 Å². The molecule has 134 valence electrons. The summed E-state index contributed by atoms with van der Waals surface area (Å²) in [5, 5.41) is 2.75. The number of anilines is 1. The monoisotopic (exact) mass is 359 g/mol. The molecule has 1 heterocycles. The third-order valence-electron chi connectivity index (χ3n) is 4.25. The maximum atomic E-state index is 12.0. The van der Waals surface area contributed by atoms with Gasteiger partial charge in [-0.1, -0.05) is 32.9 Å². The van der Waals surface area contributed by atoms with Crippen LogP contribution in [0.5, 0.6) is 0 Å². The van der Waals surface area contributed by atoms with E-state index in [1.54, 1.807) is 0 Å². The Balaban J connectivity index is 1.86. The number of thiophene rings is 1. The Morgan fingerprint density at radius 1 is 1.20 bits per heavy atom. The van der Waals surface area contributed by atoms with Crippen molar-refractivity contribution >= 4 is 28.9 Å². The summed E-state index contributed by atoms with van der Waals surface area (Å²) in [7, 11) is 0. The minimum Gasteiger partial charge on any atom is -0.451 e. The van der Waals surface area contributed by atoms with Crippen LogP contribution in [0, 0.1) is 6.92 Å². The highest BCUT2D eigenvalue weighted by molar-refractivity contribution is 7.14. The first-order valence-electron chi connectivity index (χ1n) is 8.60. The zero-order valence-electron chi connectivity index (χ0n) is 15.2. The Bertz CT molecular complexity index is 734. The van der Waals surface area contributed by atoms with Gasteiger partial charge in [-0.3, -0.25) is 4.79 Å². The molecule has 25 heavy (non-hydrogen) atoms. The average Bonchev–Trinajstić information content (AvgIpc) is 3.00. The van der Waals surface area contributed by atoms with Crippen LogP contribution < -0.4 is 5.32 Å². The molecular weight excluding hydrogens is 334 g/mol. The van der Waals surface area contributed by atoms with Crippen molar-refractivity contribution in [3.8, 4) is 0 Å². The van der Waals surface area contributed by atoms with Crippen LogP contribution in [0.1, 0.15) is 58.8 Å². The van der Waals surface area contributed by atoms with Gasteiger partial charge in [-0.15, -0.1) is 11.3 Å².